The summed E-state index contributed by atoms with van der Waals surface area (Å²) in [5.74, 6) is -0.568. The van der Waals surface area contributed by atoms with Crippen molar-refractivity contribution in [3.63, 3.8) is 0 Å². The molecule has 0 aliphatic rings. The van der Waals surface area contributed by atoms with Gasteiger partial charge in [-0.15, -0.1) is 0 Å². The Labute approximate surface area is 173 Å². The molecule has 3 rings (SSSR count). The van der Waals surface area contributed by atoms with Crippen LogP contribution in [0.3, 0.4) is 0 Å². The third-order valence-electron chi connectivity index (χ3n) is 3.90. The van der Waals surface area contributed by atoms with E-state index in [2.05, 4.69) is 0 Å². The number of carbonyl (C=O) groups is 1. The molecule has 0 bridgehead atoms. The second-order valence-corrected chi connectivity index (χ2v) is 9.76. The predicted octanol–water partition coefficient (Wildman–Crippen LogP) is 5.38. The molecule has 4 nitrogen and oxygen atoms in total. The number of rotatable bonds is 6. The highest BCUT2D eigenvalue weighted by molar-refractivity contribution is 8.08. The molecule has 0 radical (unpaired) electrons. The molecule has 0 saturated heterocycles. The number of sulfonamides is 1. The van der Waals surface area contributed by atoms with Gasteiger partial charge in [0.25, 0.3) is 10.0 Å². The number of thiophene rings is 1. The number of aryl methyl sites for hydroxylation is 1. The summed E-state index contributed by atoms with van der Waals surface area (Å²) in [6, 6.07) is 18.0. The Morgan fingerprint density at radius 1 is 1.04 bits per heavy atom. The Hall–Kier alpha value is -2.35. The number of benzene rings is 2. The van der Waals surface area contributed by atoms with E-state index in [1.807, 2.05) is 54.1 Å². The summed E-state index contributed by atoms with van der Waals surface area (Å²) in [6.07, 6.45) is 1.41. The maximum Gasteiger partial charge on any atom is 0.270 e. The minimum Gasteiger partial charge on any atom is -0.274 e. The smallest absolute Gasteiger partial charge is 0.270 e. The minimum atomic E-state index is -4.00. The number of nitrogens with zero attached hydrogens (tertiary/aromatic N) is 1. The quantitative estimate of drug-likeness (QED) is 0.493. The van der Waals surface area contributed by atoms with E-state index in [0.29, 0.717) is 4.91 Å². The van der Waals surface area contributed by atoms with Crippen LogP contribution in [0.2, 0.25) is 0 Å². The maximum atomic E-state index is 13.1. The molecule has 7 heteroatoms. The van der Waals surface area contributed by atoms with Crippen LogP contribution in [0.1, 0.15) is 18.1 Å². The number of amides is 1. The molecule has 0 N–H and O–H groups in total. The highest BCUT2D eigenvalue weighted by Gasteiger charge is 2.26. The number of hydrogen-bond donors (Lipinski definition) is 0. The van der Waals surface area contributed by atoms with Crippen LogP contribution in [-0.2, 0) is 14.8 Å². The molecular formula is C21H19NO3S3. The lowest BCUT2D eigenvalue weighted by molar-refractivity contribution is -0.122. The molecule has 0 atom stereocenters. The Kier molecular flexibility index (Phi) is 6.39. The standard InChI is InChI=1S/C21H19NO3S3/c1-16-8-10-20(11-9-16)28(24,25)22(17(2)23)14-21(18-12-13-26-15-18)27-19-6-4-3-5-7-19/h3-15H,1-2H3/b21-14-. The molecule has 0 spiro atoms. The monoisotopic (exact) mass is 429 g/mol. The van der Waals surface area contributed by atoms with Crippen LogP contribution in [0.25, 0.3) is 4.91 Å². The van der Waals surface area contributed by atoms with Gasteiger partial charge in [-0.2, -0.15) is 11.3 Å². The van der Waals surface area contributed by atoms with Crippen molar-refractivity contribution in [3.8, 4) is 0 Å². The van der Waals surface area contributed by atoms with Gasteiger partial charge in [0.05, 0.1) is 4.90 Å². The average Bonchev–Trinajstić information content (AvgIpc) is 3.20. The lowest BCUT2D eigenvalue weighted by atomic mass is 10.2. The zero-order chi connectivity index (χ0) is 20.1. The first-order valence-electron chi connectivity index (χ1n) is 8.47. The van der Waals surface area contributed by atoms with Crippen LogP contribution >= 0.6 is 23.1 Å². The van der Waals surface area contributed by atoms with Crippen molar-refractivity contribution in [2.75, 3.05) is 0 Å². The van der Waals surface area contributed by atoms with Crippen molar-refractivity contribution in [2.45, 2.75) is 23.6 Å². The van der Waals surface area contributed by atoms with Crippen molar-refractivity contribution >= 4 is 43.9 Å². The van der Waals surface area contributed by atoms with E-state index in [9.17, 15) is 13.2 Å². The van der Waals surface area contributed by atoms with Crippen LogP contribution in [0.4, 0.5) is 0 Å². The van der Waals surface area contributed by atoms with Gasteiger partial charge < -0.3 is 0 Å². The first-order valence-corrected chi connectivity index (χ1v) is 11.7. The van der Waals surface area contributed by atoms with E-state index < -0.39 is 15.9 Å². The fourth-order valence-corrected chi connectivity index (χ4v) is 5.48. The van der Waals surface area contributed by atoms with E-state index >= 15 is 0 Å². The van der Waals surface area contributed by atoms with Gasteiger partial charge >= 0.3 is 0 Å². The lowest BCUT2D eigenvalue weighted by Crippen LogP contribution is -2.30. The minimum absolute atomic E-state index is 0.0823. The average molecular weight is 430 g/mol. The van der Waals surface area contributed by atoms with E-state index in [1.165, 1.54) is 48.4 Å². The Morgan fingerprint density at radius 3 is 2.29 bits per heavy atom. The van der Waals surface area contributed by atoms with Crippen LogP contribution in [0.5, 0.6) is 0 Å². The number of hydrogen-bond acceptors (Lipinski definition) is 5. The fourth-order valence-electron chi connectivity index (χ4n) is 2.44. The zero-order valence-corrected chi connectivity index (χ0v) is 17.9. The SMILES string of the molecule is CC(=O)N(/C=C(\Sc1ccccc1)c1ccsc1)S(=O)(=O)c1ccc(C)cc1. The molecule has 0 aliphatic heterocycles. The maximum absolute atomic E-state index is 13.1. The molecule has 0 aliphatic carbocycles. The molecular weight excluding hydrogens is 410 g/mol. The largest absolute Gasteiger partial charge is 0.274 e. The molecule has 28 heavy (non-hydrogen) atoms. The van der Waals surface area contributed by atoms with E-state index in [0.717, 1.165) is 20.3 Å². The summed E-state index contributed by atoms with van der Waals surface area (Å²) < 4.78 is 27.0. The Morgan fingerprint density at radius 2 is 1.71 bits per heavy atom. The topological polar surface area (TPSA) is 54.5 Å². The van der Waals surface area contributed by atoms with Crippen molar-refractivity contribution < 1.29 is 13.2 Å². The second-order valence-electron chi connectivity index (χ2n) is 6.05. The molecule has 0 fully saturated rings. The lowest BCUT2D eigenvalue weighted by Gasteiger charge is -2.19. The second kappa shape index (κ2) is 8.77. The molecule has 1 heterocycles. The molecule has 1 amide bonds. The Bertz CT molecular complexity index is 1070. The summed E-state index contributed by atoms with van der Waals surface area (Å²) in [4.78, 5) is 14.0. The normalized spacial score (nSPS) is 12.0. The summed E-state index contributed by atoms with van der Waals surface area (Å²) in [5, 5.41) is 3.85. The van der Waals surface area contributed by atoms with Crippen molar-refractivity contribution in [1.82, 2.24) is 4.31 Å². The van der Waals surface area contributed by atoms with Gasteiger partial charge in [0.15, 0.2) is 0 Å². The number of carbonyl (C=O) groups excluding carboxylic acids is 1. The third-order valence-corrected chi connectivity index (χ3v) is 7.40. The van der Waals surface area contributed by atoms with E-state index in [1.54, 1.807) is 12.1 Å². The van der Waals surface area contributed by atoms with Gasteiger partial charge in [0, 0.05) is 28.5 Å². The highest BCUT2D eigenvalue weighted by atomic mass is 32.2. The van der Waals surface area contributed by atoms with E-state index in [4.69, 9.17) is 0 Å². The Balaban J connectivity index is 2.06. The van der Waals surface area contributed by atoms with Crippen molar-refractivity contribution in [3.05, 3.63) is 88.8 Å². The number of thioether (sulfide) groups is 1. The zero-order valence-electron chi connectivity index (χ0n) is 15.4. The molecule has 0 unspecified atom stereocenters. The molecule has 144 valence electrons. The molecule has 3 aromatic rings. The van der Waals surface area contributed by atoms with Gasteiger partial charge in [-0.05, 0) is 48.0 Å². The fraction of sp³-hybridized carbons (Fsp3) is 0.0952. The summed E-state index contributed by atoms with van der Waals surface area (Å²) >= 11 is 2.93. The van der Waals surface area contributed by atoms with Crippen molar-refractivity contribution in [1.29, 1.82) is 0 Å². The third kappa shape index (κ3) is 4.73. The van der Waals surface area contributed by atoms with Crippen LogP contribution < -0.4 is 0 Å². The van der Waals surface area contributed by atoms with Crippen LogP contribution in [0.15, 0.2) is 87.4 Å². The first-order chi connectivity index (χ1) is 13.4. The predicted molar refractivity (Wildman–Crippen MR) is 115 cm³/mol. The summed E-state index contributed by atoms with van der Waals surface area (Å²) in [6.45, 7) is 3.13. The van der Waals surface area contributed by atoms with E-state index in [-0.39, 0.29) is 4.90 Å². The summed E-state index contributed by atoms with van der Waals surface area (Å²) in [5.41, 5.74) is 1.81. The van der Waals surface area contributed by atoms with Gasteiger partial charge in [0.1, 0.15) is 0 Å². The highest BCUT2D eigenvalue weighted by Crippen LogP contribution is 2.36. The van der Waals surface area contributed by atoms with Gasteiger partial charge in [-0.25, -0.2) is 12.7 Å². The van der Waals surface area contributed by atoms with Crippen LogP contribution in [-0.4, -0.2) is 18.6 Å². The first kappa shape index (κ1) is 20.4. The molecule has 2 aromatic carbocycles. The van der Waals surface area contributed by atoms with Gasteiger partial charge in [-0.1, -0.05) is 47.7 Å². The van der Waals surface area contributed by atoms with Crippen molar-refractivity contribution in [2.24, 2.45) is 0 Å². The van der Waals surface area contributed by atoms with Gasteiger partial charge in [0.2, 0.25) is 5.91 Å². The van der Waals surface area contributed by atoms with Crippen LogP contribution in [0, 0.1) is 6.92 Å². The summed E-state index contributed by atoms with van der Waals surface area (Å²) in [7, 11) is -4.00. The van der Waals surface area contributed by atoms with Gasteiger partial charge in [-0.3, -0.25) is 4.79 Å². The molecule has 1 aromatic heterocycles. The molecule has 0 saturated carbocycles.